The van der Waals surface area contributed by atoms with Crippen molar-refractivity contribution >= 4 is 25.8 Å². The first-order valence-corrected chi connectivity index (χ1v) is 10.3. The molecule has 0 spiro atoms. The zero-order valence-electron chi connectivity index (χ0n) is 11.4. The van der Waals surface area contributed by atoms with Crippen LogP contribution in [0.15, 0.2) is 0 Å². The fraction of sp³-hybridized carbons (Fsp3) is 0.909. The van der Waals surface area contributed by atoms with Crippen molar-refractivity contribution in [1.82, 2.24) is 9.62 Å². The summed E-state index contributed by atoms with van der Waals surface area (Å²) < 4.78 is 47.1. The second-order valence-corrected chi connectivity index (χ2v) is 9.69. The summed E-state index contributed by atoms with van der Waals surface area (Å²) in [5.41, 5.74) is 0. The highest BCUT2D eigenvalue weighted by Gasteiger charge is 2.35. The number of hydrogen-bond acceptors (Lipinski definition) is 5. The first-order valence-electron chi connectivity index (χ1n) is 6.64. The Kier molecular flexibility index (Phi) is 4.41. The summed E-state index contributed by atoms with van der Waals surface area (Å²) in [6.07, 6.45) is 3.34. The molecule has 2 aliphatic rings. The van der Waals surface area contributed by atoms with Crippen molar-refractivity contribution in [3.8, 4) is 0 Å². The quantitative estimate of drug-likeness (QED) is 0.683. The molecule has 1 amide bonds. The van der Waals surface area contributed by atoms with Crippen LogP contribution in [0.3, 0.4) is 0 Å². The van der Waals surface area contributed by atoms with E-state index < -0.39 is 19.9 Å². The fourth-order valence-corrected chi connectivity index (χ4v) is 5.25. The van der Waals surface area contributed by atoms with Gasteiger partial charge in [0.25, 0.3) is 0 Å². The van der Waals surface area contributed by atoms with Gasteiger partial charge in [-0.25, -0.2) is 16.8 Å². The number of hydrogen-bond donors (Lipinski definition) is 1. The molecule has 1 N–H and O–H groups in total. The summed E-state index contributed by atoms with van der Waals surface area (Å²) >= 11 is 0. The maximum absolute atomic E-state index is 11.8. The summed E-state index contributed by atoms with van der Waals surface area (Å²) in [6, 6.07) is -0.301. The van der Waals surface area contributed by atoms with Crippen molar-refractivity contribution in [3.05, 3.63) is 0 Å². The molecule has 1 atom stereocenters. The van der Waals surface area contributed by atoms with Crippen LogP contribution in [-0.4, -0.2) is 63.4 Å². The molecule has 7 nitrogen and oxygen atoms in total. The van der Waals surface area contributed by atoms with Crippen molar-refractivity contribution in [3.63, 3.8) is 0 Å². The van der Waals surface area contributed by atoms with Crippen LogP contribution < -0.4 is 5.32 Å². The third-order valence-corrected chi connectivity index (χ3v) is 6.64. The fourth-order valence-electron chi connectivity index (χ4n) is 2.40. The summed E-state index contributed by atoms with van der Waals surface area (Å²) in [5, 5.41) is 2.66. The van der Waals surface area contributed by atoms with Gasteiger partial charge in [-0.3, -0.25) is 4.79 Å². The van der Waals surface area contributed by atoms with E-state index in [2.05, 4.69) is 5.32 Å². The summed E-state index contributed by atoms with van der Waals surface area (Å²) in [7, 11) is -6.31. The highest BCUT2D eigenvalue weighted by Crippen LogP contribution is 2.28. The number of amides is 1. The van der Waals surface area contributed by atoms with E-state index in [0.717, 1.165) is 19.1 Å². The lowest BCUT2D eigenvalue weighted by Crippen LogP contribution is -2.39. The SMILES string of the molecule is CS(=O)(=O)N(CCC(=O)NC1CCS(=O)(=O)C1)C1CC1. The average molecular weight is 324 g/mol. The van der Waals surface area contributed by atoms with Gasteiger partial charge in [0.05, 0.1) is 17.8 Å². The summed E-state index contributed by atoms with van der Waals surface area (Å²) in [5.74, 6) is -0.200. The van der Waals surface area contributed by atoms with Crippen LogP contribution >= 0.6 is 0 Å². The van der Waals surface area contributed by atoms with E-state index in [1.807, 2.05) is 0 Å². The summed E-state index contributed by atoms with van der Waals surface area (Å²) in [4.78, 5) is 11.8. The minimum absolute atomic E-state index is 0.0167. The number of rotatable bonds is 6. The van der Waals surface area contributed by atoms with Crippen LogP contribution in [0.4, 0.5) is 0 Å². The second-order valence-electron chi connectivity index (χ2n) is 5.52. The molecule has 0 aromatic heterocycles. The van der Waals surface area contributed by atoms with Crippen LogP contribution in [0.2, 0.25) is 0 Å². The number of carbonyl (C=O) groups excluding carboxylic acids is 1. The minimum Gasteiger partial charge on any atom is -0.352 e. The molecule has 2 rings (SSSR count). The van der Waals surface area contributed by atoms with E-state index >= 15 is 0 Å². The number of carbonyl (C=O) groups is 1. The van der Waals surface area contributed by atoms with E-state index in [-0.39, 0.29) is 42.5 Å². The molecular formula is C11H20N2O5S2. The predicted octanol–water partition coefficient (Wildman–Crippen LogP) is -0.896. The van der Waals surface area contributed by atoms with Crippen LogP contribution in [0.25, 0.3) is 0 Å². The molecule has 116 valence electrons. The number of nitrogens with one attached hydrogen (secondary N) is 1. The Balaban J connectivity index is 1.80. The lowest BCUT2D eigenvalue weighted by Gasteiger charge is -2.19. The average Bonchev–Trinajstić information content (AvgIpc) is 3.03. The van der Waals surface area contributed by atoms with Crippen LogP contribution in [0.1, 0.15) is 25.7 Å². The zero-order chi connectivity index (χ0) is 15.0. The molecule has 1 heterocycles. The molecule has 1 aliphatic carbocycles. The lowest BCUT2D eigenvalue weighted by atomic mass is 10.2. The van der Waals surface area contributed by atoms with Gasteiger partial charge >= 0.3 is 0 Å². The van der Waals surface area contributed by atoms with Gasteiger partial charge in [0, 0.05) is 25.0 Å². The largest absolute Gasteiger partial charge is 0.352 e. The van der Waals surface area contributed by atoms with E-state index in [0.29, 0.717) is 6.42 Å². The first-order chi connectivity index (χ1) is 9.17. The Morgan fingerprint density at radius 2 is 1.95 bits per heavy atom. The first kappa shape index (κ1) is 15.7. The minimum atomic E-state index is -3.29. The van der Waals surface area contributed by atoms with Crippen molar-refractivity contribution < 1.29 is 21.6 Å². The van der Waals surface area contributed by atoms with Crippen molar-refractivity contribution in [2.75, 3.05) is 24.3 Å². The maximum Gasteiger partial charge on any atom is 0.221 e. The Morgan fingerprint density at radius 3 is 2.40 bits per heavy atom. The standard InChI is InChI=1S/C11H20N2O5S2/c1-19(15,16)13(10-2-3-10)6-4-11(14)12-9-5-7-20(17,18)8-9/h9-10H,2-8H2,1H3,(H,12,14). The molecule has 1 aliphatic heterocycles. The Labute approximate surface area is 119 Å². The Morgan fingerprint density at radius 1 is 1.30 bits per heavy atom. The van der Waals surface area contributed by atoms with Gasteiger partial charge in [-0.15, -0.1) is 0 Å². The maximum atomic E-state index is 11.8. The van der Waals surface area contributed by atoms with Gasteiger partial charge < -0.3 is 5.32 Å². The normalized spacial score (nSPS) is 25.8. The van der Waals surface area contributed by atoms with E-state index in [9.17, 15) is 21.6 Å². The lowest BCUT2D eigenvalue weighted by molar-refractivity contribution is -0.121. The van der Waals surface area contributed by atoms with Gasteiger partial charge in [0.1, 0.15) is 0 Å². The molecule has 20 heavy (non-hydrogen) atoms. The topological polar surface area (TPSA) is 101 Å². The molecule has 0 bridgehead atoms. The smallest absolute Gasteiger partial charge is 0.221 e. The highest BCUT2D eigenvalue weighted by atomic mass is 32.2. The molecule has 1 unspecified atom stereocenters. The number of sulfone groups is 1. The molecule has 2 fully saturated rings. The molecular weight excluding hydrogens is 304 g/mol. The third kappa shape index (κ3) is 4.42. The Bertz CT molecular complexity index is 580. The van der Waals surface area contributed by atoms with Gasteiger partial charge in [-0.2, -0.15) is 4.31 Å². The van der Waals surface area contributed by atoms with Crippen molar-refractivity contribution in [2.45, 2.75) is 37.8 Å². The van der Waals surface area contributed by atoms with E-state index in [1.165, 1.54) is 4.31 Å². The molecule has 0 aromatic carbocycles. The monoisotopic (exact) mass is 324 g/mol. The van der Waals surface area contributed by atoms with E-state index in [4.69, 9.17) is 0 Å². The van der Waals surface area contributed by atoms with Gasteiger partial charge in [-0.05, 0) is 19.3 Å². The molecule has 9 heteroatoms. The highest BCUT2D eigenvalue weighted by molar-refractivity contribution is 7.91. The predicted molar refractivity (Wildman–Crippen MR) is 74.4 cm³/mol. The zero-order valence-corrected chi connectivity index (χ0v) is 13.0. The Hall–Kier alpha value is -0.670. The van der Waals surface area contributed by atoms with Crippen LogP contribution in [0.5, 0.6) is 0 Å². The summed E-state index contributed by atoms with van der Waals surface area (Å²) in [6.45, 7) is 0.162. The molecule has 1 saturated carbocycles. The van der Waals surface area contributed by atoms with Crippen molar-refractivity contribution in [2.24, 2.45) is 0 Å². The van der Waals surface area contributed by atoms with Crippen LogP contribution in [0, 0.1) is 0 Å². The molecule has 1 saturated heterocycles. The van der Waals surface area contributed by atoms with Gasteiger partial charge in [-0.1, -0.05) is 0 Å². The van der Waals surface area contributed by atoms with Crippen LogP contribution in [-0.2, 0) is 24.7 Å². The van der Waals surface area contributed by atoms with Gasteiger partial charge in [0.15, 0.2) is 9.84 Å². The number of sulfonamides is 1. The molecule has 0 radical (unpaired) electrons. The van der Waals surface area contributed by atoms with Gasteiger partial charge in [0.2, 0.25) is 15.9 Å². The van der Waals surface area contributed by atoms with Crippen molar-refractivity contribution in [1.29, 1.82) is 0 Å². The second kappa shape index (κ2) is 5.61. The number of nitrogens with zero attached hydrogens (tertiary/aromatic N) is 1. The molecule has 0 aromatic rings. The van der Waals surface area contributed by atoms with E-state index in [1.54, 1.807) is 0 Å². The third-order valence-electron chi connectivity index (χ3n) is 3.54.